The first-order valence-corrected chi connectivity index (χ1v) is 7.85. The van der Waals surface area contributed by atoms with Gasteiger partial charge in [-0.1, -0.05) is 24.3 Å². The molecule has 22 heavy (non-hydrogen) atoms. The van der Waals surface area contributed by atoms with Gasteiger partial charge >= 0.3 is 0 Å². The van der Waals surface area contributed by atoms with Crippen LogP contribution < -0.4 is 10.6 Å². The molecule has 1 aliphatic rings. The van der Waals surface area contributed by atoms with Gasteiger partial charge in [-0.25, -0.2) is 0 Å². The van der Waals surface area contributed by atoms with Gasteiger partial charge in [-0.15, -0.1) is 0 Å². The second kappa shape index (κ2) is 7.22. The van der Waals surface area contributed by atoms with Crippen LogP contribution in [0.5, 0.6) is 0 Å². The van der Waals surface area contributed by atoms with Crippen LogP contribution in [0.4, 0.5) is 0 Å². The van der Waals surface area contributed by atoms with E-state index in [1.54, 1.807) is 6.20 Å². The molecular weight excluding hydrogens is 276 g/mol. The second-order valence-corrected chi connectivity index (χ2v) is 5.75. The lowest BCUT2D eigenvalue weighted by Gasteiger charge is -2.13. The predicted octanol–water partition coefficient (Wildman–Crippen LogP) is 1.69. The van der Waals surface area contributed by atoms with Crippen molar-refractivity contribution in [2.75, 3.05) is 6.54 Å². The molecule has 0 spiro atoms. The van der Waals surface area contributed by atoms with Gasteiger partial charge in [0.25, 0.3) is 0 Å². The third-order valence-corrected chi connectivity index (χ3v) is 4.08. The SMILES string of the molecule is O=C(CC1CCCN1)NCc1ccccc1Cn1cccn1. The fourth-order valence-electron chi connectivity index (χ4n) is 2.87. The number of benzene rings is 1. The molecule has 0 radical (unpaired) electrons. The first kappa shape index (κ1) is 14.8. The highest BCUT2D eigenvalue weighted by atomic mass is 16.1. The Labute approximate surface area is 130 Å². The molecule has 1 atom stereocenters. The summed E-state index contributed by atoms with van der Waals surface area (Å²) in [6.45, 7) is 2.33. The number of nitrogens with one attached hydrogen (secondary N) is 2. The summed E-state index contributed by atoms with van der Waals surface area (Å²) in [7, 11) is 0. The van der Waals surface area contributed by atoms with Gasteiger partial charge in [0.05, 0.1) is 6.54 Å². The van der Waals surface area contributed by atoms with Crippen molar-refractivity contribution in [1.82, 2.24) is 20.4 Å². The maximum Gasteiger partial charge on any atom is 0.221 e. The molecule has 1 amide bonds. The van der Waals surface area contributed by atoms with E-state index in [1.165, 1.54) is 12.0 Å². The Balaban J connectivity index is 1.56. The van der Waals surface area contributed by atoms with E-state index in [2.05, 4.69) is 27.9 Å². The van der Waals surface area contributed by atoms with Crippen LogP contribution in [0.1, 0.15) is 30.4 Å². The van der Waals surface area contributed by atoms with Crippen molar-refractivity contribution < 1.29 is 4.79 Å². The maximum atomic E-state index is 12.0. The lowest BCUT2D eigenvalue weighted by atomic mass is 10.1. The Morgan fingerprint density at radius 3 is 2.91 bits per heavy atom. The van der Waals surface area contributed by atoms with Gasteiger partial charge < -0.3 is 10.6 Å². The summed E-state index contributed by atoms with van der Waals surface area (Å²) in [5.41, 5.74) is 2.33. The van der Waals surface area contributed by atoms with Crippen molar-refractivity contribution in [2.24, 2.45) is 0 Å². The number of hydrogen-bond donors (Lipinski definition) is 2. The van der Waals surface area contributed by atoms with E-state index in [1.807, 2.05) is 29.1 Å². The molecule has 116 valence electrons. The van der Waals surface area contributed by atoms with Gasteiger partial charge in [0.2, 0.25) is 5.91 Å². The highest BCUT2D eigenvalue weighted by Crippen LogP contribution is 2.11. The number of rotatable bonds is 6. The minimum Gasteiger partial charge on any atom is -0.352 e. The highest BCUT2D eigenvalue weighted by Gasteiger charge is 2.17. The van der Waals surface area contributed by atoms with Crippen molar-refractivity contribution >= 4 is 5.91 Å². The topological polar surface area (TPSA) is 59.0 Å². The molecule has 2 aromatic rings. The number of carbonyl (C=O) groups is 1. The van der Waals surface area contributed by atoms with Crippen LogP contribution in [0.3, 0.4) is 0 Å². The molecule has 1 fully saturated rings. The summed E-state index contributed by atoms with van der Waals surface area (Å²) < 4.78 is 1.89. The average Bonchev–Trinajstić information content (AvgIpc) is 3.20. The molecule has 0 bridgehead atoms. The molecule has 1 aromatic carbocycles. The molecule has 5 nitrogen and oxygen atoms in total. The van der Waals surface area contributed by atoms with Gasteiger partial charge in [0, 0.05) is 31.4 Å². The van der Waals surface area contributed by atoms with Gasteiger partial charge in [-0.3, -0.25) is 9.48 Å². The van der Waals surface area contributed by atoms with Crippen LogP contribution in [-0.4, -0.2) is 28.3 Å². The number of hydrogen-bond acceptors (Lipinski definition) is 3. The first-order valence-electron chi connectivity index (χ1n) is 7.85. The monoisotopic (exact) mass is 298 g/mol. The number of aromatic nitrogens is 2. The molecule has 1 aliphatic heterocycles. The van der Waals surface area contributed by atoms with Crippen LogP contribution >= 0.6 is 0 Å². The Bertz CT molecular complexity index is 603. The Morgan fingerprint density at radius 1 is 1.32 bits per heavy atom. The van der Waals surface area contributed by atoms with Crippen molar-refractivity contribution in [3.63, 3.8) is 0 Å². The number of amides is 1. The maximum absolute atomic E-state index is 12.0. The van der Waals surface area contributed by atoms with Gasteiger partial charge in [0.15, 0.2) is 0 Å². The average molecular weight is 298 g/mol. The smallest absolute Gasteiger partial charge is 0.221 e. The zero-order valence-corrected chi connectivity index (χ0v) is 12.7. The predicted molar refractivity (Wildman–Crippen MR) is 85.3 cm³/mol. The van der Waals surface area contributed by atoms with E-state index in [4.69, 9.17) is 0 Å². The Morgan fingerprint density at radius 2 is 2.18 bits per heavy atom. The molecule has 0 saturated carbocycles. The zero-order chi connectivity index (χ0) is 15.2. The highest BCUT2D eigenvalue weighted by molar-refractivity contribution is 5.76. The van der Waals surface area contributed by atoms with Gasteiger partial charge in [-0.05, 0) is 36.6 Å². The lowest BCUT2D eigenvalue weighted by molar-refractivity contribution is -0.121. The summed E-state index contributed by atoms with van der Waals surface area (Å²) in [4.78, 5) is 12.0. The first-order chi connectivity index (χ1) is 10.8. The summed E-state index contributed by atoms with van der Waals surface area (Å²) >= 11 is 0. The minimum absolute atomic E-state index is 0.119. The summed E-state index contributed by atoms with van der Waals surface area (Å²) in [5.74, 6) is 0.119. The summed E-state index contributed by atoms with van der Waals surface area (Å²) in [6.07, 6.45) is 6.56. The number of nitrogens with zero attached hydrogens (tertiary/aromatic N) is 2. The fraction of sp³-hybridized carbons (Fsp3) is 0.412. The molecule has 2 N–H and O–H groups in total. The second-order valence-electron chi connectivity index (χ2n) is 5.75. The van der Waals surface area contributed by atoms with Crippen molar-refractivity contribution in [2.45, 2.75) is 38.4 Å². The molecule has 1 saturated heterocycles. The van der Waals surface area contributed by atoms with E-state index in [0.717, 1.165) is 25.1 Å². The Hall–Kier alpha value is -2.14. The third kappa shape index (κ3) is 3.95. The molecular formula is C17H22N4O. The minimum atomic E-state index is 0.119. The standard InChI is InChI=1S/C17H22N4O/c22-17(11-16-7-3-8-18-16)19-12-14-5-1-2-6-15(14)13-21-10-4-9-20-21/h1-2,4-6,9-10,16,18H,3,7-8,11-13H2,(H,19,22). The molecule has 1 aromatic heterocycles. The molecule has 5 heteroatoms. The molecule has 0 aliphatic carbocycles. The summed E-state index contributed by atoms with van der Waals surface area (Å²) in [5, 5.41) is 10.6. The molecule has 3 rings (SSSR count). The number of carbonyl (C=O) groups excluding carboxylic acids is 1. The fourth-order valence-corrected chi connectivity index (χ4v) is 2.87. The van der Waals surface area contributed by atoms with Crippen molar-refractivity contribution in [3.05, 3.63) is 53.9 Å². The van der Waals surface area contributed by atoms with Crippen molar-refractivity contribution in [1.29, 1.82) is 0 Å². The summed E-state index contributed by atoms with van der Waals surface area (Å²) in [6, 6.07) is 10.4. The largest absolute Gasteiger partial charge is 0.352 e. The van der Waals surface area contributed by atoms with Crippen molar-refractivity contribution in [3.8, 4) is 0 Å². The normalized spacial score (nSPS) is 17.5. The lowest BCUT2D eigenvalue weighted by Crippen LogP contribution is -2.31. The molecule has 1 unspecified atom stereocenters. The quantitative estimate of drug-likeness (QED) is 0.853. The molecule has 2 heterocycles. The van der Waals surface area contributed by atoms with Crippen LogP contribution in [0.25, 0.3) is 0 Å². The van der Waals surface area contributed by atoms with Gasteiger partial charge in [0.1, 0.15) is 0 Å². The zero-order valence-electron chi connectivity index (χ0n) is 12.7. The van der Waals surface area contributed by atoms with Crippen LogP contribution in [0, 0.1) is 0 Å². The van der Waals surface area contributed by atoms with E-state index in [-0.39, 0.29) is 5.91 Å². The van der Waals surface area contributed by atoms with Crippen LogP contribution in [-0.2, 0) is 17.9 Å². The van der Waals surface area contributed by atoms with E-state index < -0.39 is 0 Å². The van der Waals surface area contributed by atoms with E-state index in [0.29, 0.717) is 19.0 Å². The van der Waals surface area contributed by atoms with Crippen LogP contribution in [0.2, 0.25) is 0 Å². The van der Waals surface area contributed by atoms with Crippen LogP contribution in [0.15, 0.2) is 42.7 Å². The van der Waals surface area contributed by atoms with Gasteiger partial charge in [-0.2, -0.15) is 5.10 Å². The Kier molecular flexibility index (Phi) is 4.85. The third-order valence-electron chi connectivity index (χ3n) is 4.08. The van der Waals surface area contributed by atoms with E-state index >= 15 is 0 Å². The van der Waals surface area contributed by atoms with E-state index in [9.17, 15) is 4.79 Å².